The zero-order chi connectivity index (χ0) is 18.7. The first-order valence-electron chi connectivity index (χ1n) is 9.91. The third kappa shape index (κ3) is 3.98. The SMILES string of the molecule is Cc1[nH]c(C(=O)NC2CCCCC2)c(C)c1S(=O)(=O)N1CCCCCC1. The van der Waals surface area contributed by atoms with Crippen molar-refractivity contribution in [3.8, 4) is 0 Å². The molecule has 0 atom stereocenters. The van der Waals surface area contributed by atoms with Crippen molar-refractivity contribution in [2.24, 2.45) is 0 Å². The number of aromatic amines is 1. The Hall–Kier alpha value is -1.34. The van der Waals surface area contributed by atoms with Crippen molar-refractivity contribution in [2.45, 2.75) is 82.6 Å². The van der Waals surface area contributed by atoms with Crippen LogP contribution in [0.2, 0.25) is 0 Å². The van der Waals surface area contributed by atoms with Crippen LogP contribution in [0.25, 0.3) is 0 Å². The van der Waals surface area contributed by atoms with Crippen LogP contribution >= 0.6 is 0 Å². The Labute approximate surface area is 156 Å². The highest BCUT2D eigenvalue weighted by Crippen LogP contribution is 2.28. The predicted molar refractivity (Wildman–Crippen MR) is 102 cm³/mol. The maximum Gasteiger partial charge on any atom is 0.268 e. The number of hydrogen-bond donors (Lipinski definition) is 2. The first-order valence-corrected chi connectivity index (χ1v) is 11.4. The lowest BCUT2D eigenvalue weighted by Crippen LogP contribution is -2.36. The largest absolute Gasteiger partial charge is 0.353 e. The summed E-state index contributed by atoms with van der Waals surface area (Å²) in [4.78, 5) is 16.0. The highest BCUT2D eigenvalue weighted by molar-refractivity contribution is 7.89. The Morgan fingerprint density at radius 3 is 2.19 bits per heavy atom. The first kappa shape index (κ1) is 19.4. The molecule has 0 radical (unpaired) electrons. The van der Waals surface area contributed by atoms with E-state index in [4.69, 9.17) is 0 Å². The van der Waals surface area contributed by atoms with Crippen LogP contribution in [0.4, 0.5) is 0 Å². The molecule has 26 heavy (non-hydrogen) atoms. The first-order chi connectivity index (χ1) is 12.4. The van der Waals surface area contributed by atoms with E-state index in [1.165, 1.54) is 6.42 Å². The highest BCUT2D eigenvalue weighted by atomic mass is 32.2. The summed E-state index contributed by atoms with van der Waals surface area (Å²) in [6.45, 7) is 4.62. The van der Waals surface area contributed by atoms with E-state index in [1.807, 2.05) is 0 Å². The molecule has 1 saturated carbocycles. The molecule has 2 aliphatic rings. The third-order valence-electron chi connectivity index (χ3n) is 5.70. The molecule has 7 heteroatoms. The average molecular weight is 382 g/mol. The lowest BCUT2D eigenvalue weighted by molar-refractivity contribution is 0.0922. The molecule has 0 aromatic carbocycles. The summed E-state index contributed by atoms with van der Waals surface area (Å²) < 4.78 is 28.0. The molecule has 0 bridgehead atoms. The van der Waals surface area contributed by atoms with Gasteiger partial charge in [0, 0.05) is 24.8 Å². The summed E-state index contributed by atoms with van der Waals surface area (Å²) in [7, 11) is -3.57. The van der Waals surface area contributed by atoms with Crippen molar-refractivity contribution in [3.05, 3.63) is 17.0 Å². The van der Waals surface area contributed by atoms with Crippen LogP contribution < -0.4 is 5.32 Å². The van der Waals surface area contributed by atoms with Gasteiger partial charge in [0.1, 0.15) is 10.6 Å². The molecule has 1 amide bonds. The van der Waals surface area contributed by atoms with Gasteiger partial charge < -0.3 is 10.3 Å². The summed E-state index contributed by atoms with van der Waals surface area (Å²) in [5.41, 5.74) is 1.49. The zero-order valence-electron chi connectivity index (χ0n) is 15.9. The molecule has 6 nitrogen and oxygen atoms in total. The van der Waals surface area contributed by atoms with Gasteiger partial charge in [0.25, 0.3) is 5.91 Å². The zero-order valence-corrected chi connectivity index (χ0v) is 16.8. The van der Waals surface area contributed by atoms with Gasteiger partial charge in [-0.3, -0.25) is 4.79 Å². The number of aryl methyl sites for hydroxylation is 1. The van der Waals surface area contributed by atoms with E-state index >= 15 is 0 Å². The molecular formula is C19H31N3O3S. The van der Waals surface area contributed by atoms with Crippen molar-refractivity contribution in [1.29, 1.82) is 0 Å². The van der Waals surface area contributed by atoms with Crippen LogP contribution in [-0.2, 0) is 10.0 Å². The number of H-pyrrole nitrogens is 1. The lowest BCUT2D eigenvalue weighted by Gasteiger charge is -2.22. The van der Waals surface area contributed by atoms with Crippen molar-refractivity contribution in [3.63, 3.8) is 0 Å². The van der Waals surface area contributed by atoms with Crippen LogP contribution in [0.3, 0.4) is 0 Å². The highest BCUT2D eigenvalue weighted by Gasteiger charge is 2.32. The fourth-order valence-electron chi connectivity index (χ4n) is 4.26. The Kier molecular flexibility index (Phi) is 6.07. The molecule has 1 aliphatic carbocycles. The third-order valence-corrected chi connectivity index (χ3v) is 7.87. The monoisotopic (exact) mass is 381 g/mol. The van der Waals surface area contributed by atoms with Gasteiger partial charge in [-0.1, -0.05) is 32.1 Å². The molecular weight excluding hydrogens is 350 g/mol. The van der Waals surface area contributed by atoms with Gasteiger partial charge in [-0.25, -0.2) is 8.42 Å². The number of rotatable bonds is 4. The van der Waals surface area contributed by atoms with Gasteiger partial charge in [0.05, 0.1) is 0 Å². The molecule has 2 heterocycles. The van der Waals surface area contributed by atoms with Gasteiger partial charge in [-0.05, 0) is 45.1 Å². The van der Waals surface area contributed by atoms with Crippen LogP contribution in [-0.4, -0.2) is 42.7 Å². The van der Waals surface area contributed by atoms with Crippen molar-refractivity contribution < 1.29 is 13.2 Å². The van der Waals surface area contributed by atoms with Crippen LogP contribution in [0.15, 0.2) is 4.90 Å². The molecule has 1 saturated heterocycles. The van der Waals surface area contributed by atoms with Gasteiger partial charge >= 0.3 is 0 Å². The second-order valence-electron chi connectivity index (χ2n) is 7.71. The smallest absolute Gasteiger partial charge is 0.268 e. The molecule has 1 aliphatic heterocycles. The van der Waals surface area contributed by atoms with E-state index in [9.17, 15) is 13.2 Å². The normalized spacial score (nSPS) is 20.7. The van der Waals surface area contributed by atoms with Crippen LogP contribution in [0, 0.1) is 13.8 Å². The van der Waals surface area contributed by atoms with Crippen molar-refractivity contribution >= 4 is 15.9 Å². The van der Waals surface area contributed by atoms with E-state index < -0.39 is 10.0 Å². The van der Waals surface area contributed by atoms with E-state index in [1.54, 1.807) is 18.2 Å². The Morgan fingerprint density at radius 1 is 1.00 bits per heavy atom. The van der Waals surface area contributed by atoms with Crippen LogP contribution in [0.1, 0.15) is 79.5 Å². The Morgan fingerprint density at radius 2 is 1.58 bits per heavy atom. The number of hydrogen-bond acceptors (Lipinski definition) is 3. The van der Waals surface area contributed by atoms with E-state index in [-0.39, 0.29) is 16.8 Å². The second kappa shape index (κ2) is 8.13. The van der Waals surface area contributed by atoms with Gasteiger partial charge in [0.2, 0.25) is 10.0 Å². The predicted octanol–water partition coefficient (Wildman–Crippen LogP) is 3.26. The minimum Gasteiger partial charge on any atom is -0.353 e. The number of aromatic nitrogens is 1. The van der Waals surface area contributed by atoms with Crippen molar-refractivity contribution in [1.82, 2.24) is 14.6 Å². The van der Waals surface area contributed by atoms with E-state index in [2.05, 4.69) is 10.3 Å². The molecule has 146 valence electrons. The standard InChI is InChI=1S/C19H31N3O3S/c1-14-17(19(23)21-16-10-6-5-7-11-16)20-15(2)18(14)26(24,25)22-12-8-3-4-9-13-22/h16,20H,3-13H2,1-2H3,(H,21,23). The molecule has 0 unspecified atom stereocenters. The minimum absolute atomic E-state index is 0.185. The molecule has 1 aromatic rings. The Bertz CT molecular complexity index is 740. The molecule has 2 N–H and O–H groups in total. The maximum atomic E-state index is 13.2. The van der Waals surface area contributed by atoms with Gasteiger partial charge in [0.15, 0.2) is 0 Å². The summed E-state index contributed by atoms with van der Waals surface area (Å²) in [5.74, 6) is -0.185. The summed E-state index contributed by atoms with van der Waals surface area (Å²) in [6, 6.07) is 0.199. The summed E-state index contributed by atoms with van der Waals surface area (Å²) >= 11 is 0. The number of amides is 1. The molecule has 1 aromatic heterocycles. The lowest BCUT2D eigenvalue weighted by atomic mass is 9.95. The number of sulfonamides is 1. The Balaban J connectivity index is 1.83. The van der Waals surface area contributed by atoms with E-state index in [0.717, 1.165) is 51.4 Å². The van der Waals surface area contributed by atoms with Gasteiger partial charge in [-0.15, -0.1) is 0 Å². The minimum atomic E-state index is -3.57. The quantitative estimate of drug-likeness (QED) is 0.840. The fourth-order valence-corrected chi connectivity index (χ4v) is 6.19. The number of carbonyl (C=O) groups is 1. The topological polar surface area (TPSA) is 82.3 Å². The fraction of sp³-hybridized carbons (Fsp3) is 0.737. The summed E-state index contributed by atoms with van der Waals surface area (Å²) in [5, 5.41) is 3.08. The second-order valence-corrected chi connectivity index (χ2v) is 9.58. The number of carbonyl (C=O) groups excluding carboxylic acids is 1. The van der Waals surface area contributed by atoms with E-state index in [0.29, 0.717) is 30.0 Å². The van der Waals surface area contributed by atoms with Crippen molar-refractivity contribution in [2.75, 3.05) is 13.1 Å². The maximum absolute atomic E-state index is 13.2. The number of nitrogens with zero attached hydrogens (tertiary/aromatic N) is 1. The van der Waals surface area contributed by atoms with Gasteiger partial charge in [-0.2, -0.15) is 4.31 Å². The van der Waals surface area contributed by atoms with Crippen LogP contribution in [0.5, 0.6) is 0 Å². The summed E-state index contributed by atoms with van der Waals surface area (Å²) in [6.07, 6.45) is 9.47. The molecule has 3 rings (SSSR count). The molecule has 2 fully saturated rings. The number of nitrogens with one attached hydrogen (secondary N) is 2. The average Bonchev–Trinajstić information content (AvgIpc) is 2.80. The molecule has 0 spiro atoms.